The minimum absolute atomic E-state index is 0.0555. The minimum Gasteiger partial charge on any atom is -0.481 e. The van der Waals surface area contributed by atoms with Gasteiger partial charge in [-0.25, -0.2) is 18.7 Å². The fourth-order valence-electron chi connectivity index (χ4n) is 4.41. The molecule has 6 nitrogen and oxygen atoms in total. The first-order valence-electron chi connectivity index (χ1n) is 11.2. The lowest BCUT2D eigenvalue weighted by Crippen LogP contribution is -2.28. The number of imidazole rings is 1. The fourth-order valence-corrected chi connectivity index (χ4v) is 4.41. The third kappa shape index (κ3) is 4.35. The Morgan fingerprint density at radius 2 is 1.76 bits per heavy atom. The number of nitrogens with zero attached hydrogens (tertiary/aromatic N) is 2. The summed E-state index contributed by atoms with van der Waals surface area (Å²) in [6.07, 6.45) is 3.76. The van der Waals surface area contributed by atoms with Crippen LogP contribution >= 0.6 is 0 Å². The van der Waals surface area contributed by atoms with Gasteiger partial charge in [0.05, 0.1) is 22.5 Å². The standard InChI is InChI=1S/C26H23F2N3O3/c1-14-2-8-22-23(10-14)31-25(30-22)19-12-20(27)18(11-21(19)28)16-5-9-24(29-13-16)34-17-6-3-15(4-7-17)26(32)33/h2,5,8-13,15,17H,3-4,6-7H2,1H3,(H,30,31)(H,32,33). The SMILES string of the molecule is Cc1ccc2nc(-c3cc(F)c(-c4ccc(OC5CCC(C(=O)O)CC5)nc4)cc3F)[nH]c2c1. The molecule has 4 aromatic rings. The number of carboxylic acids is 1. The summed E-state index contributed by atoms with van der Waals surface area (Å²) in [5, 5.41) is 9.10. The topological polar surface area (TPSA) is 88.1 Å². The van der Waals surface area contributed by atoms with Crippen molar-refractivity contribution >= 4 is 17.0 Å². The molecule has 2 N–H and O–H groups in total. The molecule has 0 bridgehead atoms. The third-order valence-corrected chi connectivity index (χ3v) is 6.31. The highest BCUT2D eigenvalue weighted by Gasteiger charge is 2.27. The largest absolute Gasteiger partial charge is 0.481 e. The molecule has 0 saturated heterocycles. The summed E-state index contributed by atoms with van der Waals surface area (Å²) < 4.78 is 35.8. The van der Waals surface area contributed by atoms with E-state index in [1.807, 2.05) is 25.1 Å². The number of halogens is 2. The maximum Gasteiger partial charge on any atom is 0.306 e. The predicted octanol–water partition coefficient (Wildman–Crippen LogP) is 5.90. The summed E-state index contributed by atoms with van der Waals surface area (Å²) in [7, 11) is 0. The van der Waals surface area contributed by atoms with E-state index >= 15 is 0 Å². The highest BCUT2D eigenvalue weighted by atomic mass is 19.1. The summed E-state index contributed by atoms with van der Waals surface area (Å²) in [5.41, 5.74) is 3.05. The molecule has 2 aromatic heterocycles. The number of aryl methyl sites for hydroxylation is 1. The van der Waals surface area contributed by atoms with E-state index in [0.717, 1.165) is 23.2 Å². The molecule has 34 heavy (non-hydrogen) atoms. The van der Waals surface area contributed by atoms with Crippen LogP contribution in [-0.2, 0) is 4.79 Å². The summed E-state index contributed by atoms with van der Waals surface area (Å²) >= 11 is 0. The van der Waals surface area contributed by atoms with Crippen LogP contribution in [0, 0.1) is 24.5 Å². The summed E-state index contributed by atoms with van der Waals surface area (Å²) in [4.78, 5) is 22.8. The van der Waals surface area contributed by atoms with Crippen LogP contribution < -0.4 is 4.74 Å². The maximum atomic E-state index is 15.0. The quantitative estimate of drug-likeness (QED) is 0.385. The van der Waals surface area contributed by atoms with Gasteiger partial charge in [-0.15, -0.1) is 0 Å². The summed E-state index contributed by atoms with van der Waals surface area (Å²) in [5.74, 6) is -1.63. The highest BCUT2D eigenvalue weighted by Crippen LogP contribution is 2.32. The molecule has 8 heteroatoms. The number of pyridine rings is 1. The predicted molar refractivity (Wildman–Crippen MR) is 123 cm³/mol. The van der Waals surface area contributed by atoms with Crippen molar-refractivity contribution in [3.05, 3.63) is 65.9 Å². The van der Waals surface area contributed by atoms with Crippen molar-refractivity contribution < 1.29 is 23.4 Å². The number of aromatic nitrogens is 3. The van der Waals surface area contributed by atoms with E-state index in [4.69, 9.17) is 9.84 Å². The molecule has 1 saturated carbocycles. The van der Waals surface area contributed by atoms with Crippen LogP contribution in [0.3, 0.4) is 0 Å². The molecule has 0 unspecified atom stereocenters. The number of hydrogen-bond acceptors (Lipinski definition) is 4. The van der Waals surface area contributed by atoms with Crippen LogP contribution in [0.4, 0.5) is 8.78 Å². The summed E-state index contributed by atoms with van der Waals surface area (Å²) in [6.45, 7) is 1.95. The van der Waals surface area contributed by atoms with Crippen molar-refractivity contribution in [3.8, 4) is 28.4 Å². The van der Waals surface area contributed by atoms with Gasteiger partial charge < -0.3 is 14.8 Å². The van der Waals surface area contributed by atoms with Gasteiger partial charge in [-0.1, -0.05) is 6.07 Å². The van der Waals surface area contributed by atoms with Gasteiger partial charge >= 0.3 is 5.97 Å². The number of aliphatic carboxylic acids is 1. The normalized spacial score (nSPS) is 18.2. The van der Waals surface area contributed by atoms with Crippen molar-refractivity contribution in [2.75, 3.05) is 0 Å². The average Bonchev–Trinajstić information content (AvgIpc) is 3.24. The third-order valence-electron chi connectivity index (χ3n) is 6.31. The molecule has 0 aliphatic heterocycles. The van der Waals surface area contributed by atoms with Crippen LogP contribution in [0.15, 0.2) is 48.7 Å². The molecule has 5 rings (SSSR count). The molecule has 0 atom stereocenters. The Bertz CT molecular complexity index is 1360. The second-order valence-corrected chi connectivity index (χ2v) is 8.73. The zero-order valence-corrected chi connectivity index (χ0v) is 18.5. The van der Waals surface area contributed by atoms with Crippen molar-refractivity contribution in [2.24, 2.45) is 5.92 Å². The van der Waals surface area contributed by atoms with Crippen LogP contribution in [0.2, 0.25) is 0 Å². The van der Waals surface area contributed by atoms with Gasteiger partial charge in [-0.3, -0.25) is 4.79 Å². The number of carbonyl (C=O) groups is 1. The smallest absolute Gasteiger partial charge is 0.306 e. The molecule has 0 radical (unpaired) electrons. The number of hydrogen-bond donors (Lipinski definition) is 2. The van der Waals surface area contributed by atoms with Gasteiger partial charge in [0.1, 0.15) is 23.6 Å². The van der Waals surface area contributed by atoms with Crippen LogP contribution in [0.1, 0.15) is 31.2 Å². The molecule has 1 fully saturated rings. The van der Waals surface area contributed by atoms with Gasteiger partial charge in [-0.05, 0) is 68.5 Å². The number of ether oxygens (including phenoxy) is 1. The van der Waals surface area contributed by atoms with Crippen LogP contribution in [-0.4, -0.2) is 32.1 Å². The van der Waals surface area contributed by atoms with E-state index < -0.39 is 17.6 Å². The zero-order valence-electron chi connectivity index (χ0n) is 18.5. The average molecular weight is 463 g/mol. The van der Waals surface area contributed by atoms with Gasteiger partial charge in [-0.2, -0.15) is 0 Å². The zero-order chi connectivity index (χ0) is 23.8. The van der Waals surface area contributed by atoms with E-state index in [-0.39, 0.29) is 29.0 Å². The van der Waals surface area contributed by atoms with Crippen molar-refractivity contribution in [3.63, 3.8) is 0 Å². The Balaban J connectivity index is 1.34. The number of fused-ring (bicyclic) bond motifs is 1. The highest BCUT2D eigenvalue weighted by molar-refractivity contribution is 5.80. The van der Waals surface area contributed by atoms with Crippen LogP contribution in [0.5, 0.6) is 5.88 Å². The van der Waals surface area contributed by atoms with E-state index in [2.05, 4.69) is 15.0 Å². The fraction of sp³-hybridized carbons (Fsp3) is 0.269. The number of benzene rings is 2. The van der Waals surface area contributed by atoms with E-state index in [1.165, 1.54) is 6.20 Å². The molecule has 2 aromatic carbocycles. The lowest BCUT2D eigenvalue weighted by molar-refractivity contribution is -0.143. The Kier molecular flexibility index (Phi) is 5.73. The molecule has 2 heterocycles. The Morgan fingerprint density at radius 1 is 1.03 bits per heavy atom. The Morgan fingerprint density at radius 3 is 2.47 bits per heavy atom. The van der Waals surface area contributed by atoms with Crippen molar-refractivity contribution in [2.45, 2.75) is 38.7 Å². The van der Waals surface area contributed by atoms with Gasteiger partial charge in [0.2, 0.25) is 5.88 Å². The molecular weight excluding hydrogens is 440 g/mol. The first kappa shape index (κ1) is 22.0. The first-order valence-corrected chi connectivity index (χ1v) is 11.2. The molecule has 0 amide bonds. The van der Waals surface area contributed by atoms with Gasteiger partial charge in [0.25, 0.3) is 0 Å². The minimum atomic E-state index is -0.767. The van der Waals surface area contributed by atoms with Crippen molar-refractivity contribution in [1.29, 1.82) is 0 Å². The van der Waals surface area contributed by atoms with Crippen molar-refractivity contribution in [1.82, 2.24) is 15.0 Å². The Labute approximate surface area is 194 Å². The van der Waals surface area contributed by atoms with E-state index in [1.54, 1.807) is 12.1 Å². The first-order chi connectivity index (χ1) is 16.4. The second kappa shape index (κ2) is 8.85. The molecule has 174 valence electrons. The van der Waals surface area contributed by atoms with Gasteiger partial charge in [0, 0.05) is 23.4 Å². The van der Waals surface area contributed by atoms with Crippen LogP contribution in [0.25, 0.3) is 33.5 Å². The number of H-pyrrole nitrogens is 1. The Hall–Kier alpha value is -3.81. The lowest BCUT2D eigenvalue weighted by Gasteiger charge is -2.26. The van der Waals surface area contributed by atoms with E-state index in [0.29, 0.717) is 42.6 Å². The number of nitrogens with one attached hydrogen (secondary N) is 1. The second-order valence-electron chi connectivity index (χ2n) is 8.73. The lowest BCUT2D eigenvalue weighted by atomic mass is 9.87. The van der Waals surface area contributed by atoms with Gasteiger partial charge in [0.15, 0.2) is 0 Å². The monoisotopic (exact) mass is 463 g/mol. The number of rotatable bonds is 5. The summed E-state index contributed by atoms with van der Waals surface area (Å²) in [6, 6.07) is 11.2. The van der Waals surface area contributed by atoms with E-state index in [9.17, 15) is 13.6 Å². The number of carboxylic acid groups (broad SMARTS) is 1. The molecule has 1 aliphatic rings. The maximum absolute atomic E-state index is 15.0. The number of aromatic amines is 1. The molecular formula is C26H23F2N3O3. The molecule has 1 aliphatic carbocycles. The molecule has 0 spiro atoms.